The fourth-order valence-electron chi connectivity index (χ4n) is 4.73. The van der Waals surface area contributed by atoms with Crippen molar-refractivity contribution in [1.82, 2.24) is 19.9 Å². The summed E-state index contributed by atoms with van der Waals surface area (Å²) in [7, 11) is -2.94. The van der Waals surface area contributed by atoms with E-state index in [1.807, 2.05) is 6.92 Å². The Hall–Kier alpha value is -2.97. The molecule has 0 unspecified atom stereocenters. The Bertz CT molecular complexity index is 1460. The monoisotopic (exact) mass is 450 g/mol. The molecule has 1 aliphatic rings. The van der Waals surface area contributed by atoms with Gasteiger partial charge in [-0.15, -0.1) is 0 Å². The van der Waals surface area contributed by atoms with Gasteiger partial charge >= 0.3 is 0 Å². The van der Waals surface area contributed by atoms with Crippen molar-refractivity contribution >= 4 is 31.8 Å². The summed E-state index contributed by atoms with van der Waals surface area (Å²) in [6.07, 6.45) is 4.45. The van der Waals surface area contributed by atoms with E-state index in [1.54, 1.807) is 12.3 Å². The van der Waals surface area contributed by atoms with E-state index in [0.717, 1.165) is 58.4 Å². The lowest BCUT2D eigenvalue weighted by Crippen LogP contribution is -2.38. The Labute approximate surface area is 186 Å². The number of likely N-dealkylation sites (tertiary alicyclic amines) is 1. The van der Waals surface area contributed by atoms with E-state index in [-0.39, 0.29) is 10.8 Å². The lowest BCUT2D eigenvalue weighted by Gasteiger charge is -2.31. The average Bonchev–Trinajstić information content (AvgIpc) is 3.18. The highest BCUT2D eigenvalue weighted by molar-refractivity contribution is 7.91. The first-order chi connectivity index (χ1) is 15.3. The number of piperidine rings is 1. The van der Waals surface area contributed by atoms with Crippen LogP contribution in [-0.2, 0) is 16.4 Å². The Morgan fingerprint density at radius 3 is 2.50 bits per heavy atom. The van der Waals surface area contributed by atoms with Crippen molar-refractivity contribution in [3.63, 3.8) is 0 Å². The van der Waals surface area contributed by atoms with Crippen molar-refractivity contribution in [2.45, 2.75) is 31.6 Å². The molecule has 0 bridgehead atoms. The summed E-state index contributed by atoms with van der Waals surface area (Å²) in [6, 6.07) is 12.1. The van der Waals surface area contributed by atoms with Crippen LogP contribution in [0, 0.1) is 6.92 Å². The van der Waals surface area contributed by atoms with Gasteiger partial charge in [0.25, 0.3) is 0 Å². The first-order valence-corrected chi connectivity index (χ1v) is 12.8. The maximum absolute atomic E-state index is 11.8. The van der Waals surface area contributed by atoms with E-state index < -0.39 is 9.84 Å². The average molecular weight is 451 g/mol. The molecule has 2 N–H and O–H groups in total. The quantitative estimate of drug-likeness (QED) is 0.497. The van der Waals surface area contributed by atoms with E-state index in [2.05, 4.69) is 50.2 Å². The lowest BCUT2D eigenvalue weighted by molar-refractivity contribution is 0.222. The molecule has 0 spiro atoms. The number of benzene rings is 1. The van der Waals surface area contributed by atoms with Crippen LogP contribution in [-0.4, -0.2) is 52.9 Å². The highest BCUT2D eigenvalue weighted by Gasteiger charge is 2.26. The molecule has 7 nitrogen and oxygen atoms in total. The summed E-state index contributed by atoms with van der Waals surface area (Å²) >= 11 is 0. The molecule has 32 heavy (non-hydrogen) atoms. The Kier molecular flexibility index (Phi) is 5.14. The molecule has 0 atom stereocenters. The van der Waals surface area contributed by atoms with Gasteiger partial charge in [0.1, 0.15) is 15.5 Å². The predicted molar refractivity (Wildman–Crippen MR) is 128 cm³/mol. The molecule has 0 amide bonds. The third kappa shape index (κ3) is 3.96. The Balaban J connectivity index is 1.36. The smallest absolute Gasteiger partial charge is 0.248 e. The first kappa shape index (κ1) is 20.9. The zero-order valence-corrected chi connectivity index (χ0v) is 19.0. The second-order valence-corrected chi connectivity index (χ2v) is 11.1. The minimum Gasteiger partial charge on any atom is -0.339 e. The number of aromatic nitrogens is 3. The number of hydrogen-bond acceptors (Lipinski definition) is 5. The van der Waals surface area contributed by atoms with Crippen LogP contribution < -0.4 is 5.56 Å². The zero-order chi connectivity index (χ0) is 22.5. The summed E-state index contributed by atoms with van der Waals surface area (Å²) in [5.41, 5.74) is 5.59. The van der Waals surface area contributed by atoms with E-state index in [9.17, 15) is 13.2 Å². The second-order valence-electron chi connectivity index (χ2n) is 8.81. The summed E-state index contributed by atoms with van der Waals surface area (Å²) in [5.74, 6) is 0. The van der Waals surface area contributed by atoms with Crippen molar-refractivity contribution in [1.29, 1.82) is 0 Å². The van der Waals surface area contributed by atoms with Gasteiger partial charge in [-0.25, -0.2) is 13.4 Å². The van der Waals surface area contributed by atoms with Gasteiger partial charge in [-0.2, -0.15) is 0 Å². The fraction of sp³-hybridized carbons (Fsp3) is 0.333. The van der Waals surface area contributed by atoms with E-state index >= 15 is 0 Å². The fourth-order valence-corrected chi connectivity index (χ4v) is 5.80. The van der Waals surface area contributed by atoms with Crippen LogP contribution in [0.1, 0.15) is 24.0 Å². The molecule has 3 aromatic heterocycles. The molecule has 0 saturated carbocycles. The maximum Gasteiger partial charge on any atom is 0.248 e. The number of aryl methyl sites for hydroxylation is 1. The first-order valence-electron chi connectivity index (χ1n) is 10.8. The number of H-pyrrole nitrogens is 2. The lowest BCUT2D eigenvalue weighted by atomic mass is 10.1. The standard InChI is InChI=1S/C24H26N4O3S/c1-15-11-22(29)26-21-13-25-24-19(23(15)21)12-20(27-24)17-5-3-16(4-6-17)14-28-9-7-18(8-10-28)32(2,30)31/h3-6,11-13,18H,7-10,14H2,1-2H3,(H,25,27)(H,26,29). The Morgan fingerprint density at radius 1 is 1.09 bits per heavy atom. The number of fused-ring (bicyclic) bond motifs is 3. The third-order valence-corrected chi connectivity index (χ3v) is 8.15. The number of rotatable bonds is 4. The molecule has 166 valence electrons. The number of nitrogens with one attached hydrogen (secondary N) is 2. The number of nitrogens with zero attached hydrogens (tertiary/aromatic N) is 2. The van der Waals surface area contributed by atoms with Crippen LogP contribution in [0.25, 0.3) is 33.2 Å². The number of sulfone groups is 1. The van der Waals surface area contributed by atoms with Crippen LogP contribution in [0.4, 0.5) is 0 Å². The molecule has 0 radical (unpaired) electrons. The molecule has 1 aromatic carbocycles. The van der Waals surface area contributed by atoms with Crippen LogP contribution >= 0.6 is 0 Å². The summed E-state index contributed by atoms with van der Waals surface area (Å²) in [4.78, 5) is 24.8. The van der Waals surface area contributed by atoms with Gasteiger partial charge in [-0.1, -0.05) is 24.3 Å². The van der Waals surface area contributed by atoms with E-state index in [4.69, 9.17) is 0 Å². The summed E-state index contributed by atoms with van der Waals surface area (Å²) < 4.78 is 23.5. The highest BCUT2D eigenvalue weighted by atomic mass is 32.2. The molecule has 1 saturated heterocycles. The molecule has 5 rings (SSSR count). The minimum atomic E-state index is -2.94. The largest absolute Gasteiger partial charge is 0.339 e. The maximum atomic E-state index is 11.8. The molecule has 0 aliphatic carbocycles. The normalized spacial score (nSPS) is 16.2. The molecule has 1 aliphatic heterocycles. The number of pyridine rings is 2. The molecule has 4 aromatic rings. The zero-order valence-electron chi connectivity index (χ0n) is 18.2. The van der Waals surface area contributed by atoms with Crippen molar-refractivity contribution in [2.75, 3.05) is 19.3 Å². The molecule has 1 fully saturated rings. The van der Waals surface area contributed by atoms with Gasteiger partial charge in [0.2, 0.25) is 5.56 Å². The minimum absolute atomic E-state index is 0.122. The van der Waals surface area contributed by atoms with Gasteiger partial charge in [0.15, 0.2) is 0 Å². The number of hydrogen-bond donors (Lipinski definition) is 2. The van der Waals surface area contributed by atoms with Gasteiger partial charge in [0.05, 0.1) is 17.0 Å². The van der Waals surface area contributed by atoms with Gasteiger partial charge in [0, 0.05) is 35.3 Å². The van der Waals surface area contributed by atoms with Gasteiger partial charge < -0.3 is 9.97 Å². The second kappa shape index (κ2) is 7.86. The molecule has 4 heterocycles. The topological polar surface area (TPSA) is 98.9 Å². The van der Waals surface area contributed by atoms with Crippen LogP contribution in [0.15, 0.2) is 47.4 Å². The van der Waals surface area contributed by atoms with Crippen LogP contribution in [0.3, 0.4) is 0 Å². The third-order valence-electron chi connectivity index (χ3n) is 6.47. The summed E-state index contributed by atoms with van der Waals surface area (Å²) in [6.45, 7) is 4.38. The van der Waals surface area contributed by atoms with Crippen molar-refractivity contribution in [3.05, 3.63) is 64.1 Å². The highest BCUT2D eigenvalue weighted by Crippen LogP contribution is 2.29. The number of aromatic amines is 2. The van der Waals surface area contributed by atoms with E-state index in [1.165, 1.54) is 11.8 Å². The summed E-state index contributed by atoms with van der Waals surface area (Å²) in [5, 5.41) is 1.80. The molecule has 8 heteroatoms. The van der Waals surface area contributed by atoms with Gasteiger partial charge in [-0.05, 0) is 55.6 Å². The van der Waals surface area contributed by atoms with Crippen LogP contribution in [0.5, 0.6) is 0 Å². The van der Waals surface area contributed by atoms with Crippen molar-refractivity contribution in [3.8, 4) is 11.3 Å². The molecular formula is C24H26N4O3S. The van der Waals surface area contributed by atoms with Crippen molar-refractivity contribution < 1.29 is 8.42 Å². The predicted octanol–water partition coefficient (Wildman–Crippen LogP) is 3.39. The Morgan fingerprint density at radius 2 is 1.81 bits per heavy atom. The SMILES string of the molecule is Cc1cc(=O)[nH]c2cnc3[nH]c(-c4ccc(CN5CCC(S(C)(=O)=O)CC5)cc4)cc3c12. The van der Waals surface area contributed by atoms with Crippen LogP contribution in [0.2, 0.25) is 0 Å². The molecular weight excluding hydrogens is 424 g/mol. The van der Waals surface area contributed by atoms with Crippen molar-refractivity contribution in [2.24, 2.45) is 0 Å². The van der Waals surface area contributed by atoms with E-state index in [0.29, 0.717) is 12.8 Å². The van der Waals surface area contributed by atoms with Gasteiger partial charge in [-0.3, -0.25) is 9.69 Å².